The van der Waals surface area contributed by atoms with Gasteiger partial charge in [0.1, 0.15) is 11.6 Å². The largest absolute Gasteiger partial charge is 0.492 e. The van der Waals surface area contributed by atoms with Gasteiger partial charge in [0.05, 0.1) is 12.3 Å². The molecule has 1 aromatic heterocycles. The van der Waals surface area contributed by atoms with Gasteiger partial charge in [-0.25, -0.2) is 9.78 Å². The SMILES string of the molecule is CCOc1ccccc1NC(=O)N1CCN(c2nc(Cc3ccc(Cl)cc3)ns2)CC1. The number of benzene rings is 2. The van der Waals surface area contributed by atoms with Crippen molar-refractivity contribution < 1.29 is 9.53 Å². The summed E-state index contributed by atoms with van der Waals surface area (Å²) in [5, 5.41) is 4.58. The molecule has 1 aliphatic rings. The highest BCUT2D eigenvalue weighted by atomic mass is 35.5. The smallest absolute Gasteiger partial charge is 0.322 e. The second-order valence-corrected chi connectivity index (χ2v) is 8.30. The van der Waals surface area contributed by atoms with Crippen molar-refractivity contribution in [2.45, 2.75) is 13.3 Å². The van der Waals surface area contributed by atoms with E-state index in [1.807, 2.05) is 60.4 Å². The molecule has 2 aromatic carbocycles. The van der Waals surface area contributed by atoms with E-state index in [0.717, 1.165) is 34.6 Å². The number of anilines is 2. The van der Waals surface area contributed by atoms with Gasteiger partial charge in [0.25, 0.3) is 0 Å². The molecule has 0 saturated carbocycles. The summed E-state index contributed by atoms with van der Waals surface area (Å²) in [5.41, 5.74) is 1.82. The molecule has 7 nitrogen and oxygen atoms in total. The number of ether oxygens (including phenoxy) is 1. The maximum Gasteiger partial charge on any atom is 0.322 e. The summed E-state index contributed by atoms with van der Waals surface area (Å²) in [6.45, 7) is 5.15. The Labute approximate surface area is 190 Å². The maximum atomic E-state index is 12.7. The molecule has 162 valence electrons. The van der Waals surface area contributed by atoms with E-state index in [1.165, 1.54) is 11.5 Å². The summed E-state index contributed by atoms with van der Waals surface area (Å²) in [5.74, 6) is 1.48. The minimum absolute atomic E-state index is 0.118. The third-order valence-electron chi connectivity index (χ3n) is 5.00. The molecule has 9 heteroatoms. The molecule has 3 aromatic rings. The van der Waals surface area contributed by atoms with Crippen molar-refractivity contribution in [1.82, 2.24) is 14.3 Å². The minimum atomic E-state index is -0.118. The molecule has 0 aliphatic carbocycles. The number of carbonyl (C=O) groups is 1. The molecule has 2 heterocycles. The van der Waals surface area contributed by atoms with E-state index in [9.17, 15) is 4.79 Å². The van der Waals surface area contributed by atoms with Crippen molar-refractivity contribution in [2.24, 2.45) is 0 Å². The van der Waals surface area contributed by atoms with Crippen molar-refractivity contribution in [2.75, 3.05) is 43.0 Å². The van der Waals surface area contributed by atoms with Crippen molar-refractivity contribution in [3.05, 3.63) is 64.9 Å². The Kier molecular flexibility index (Phi) is 6.89. The lowest BCUT2D eigenvalue weighted by Gasteiger charge is -2.34. The van der Waals surface area contributed by atoms with E-state index < -0.39 is 0 Å². The molecule has 0 unspecified atom stereocenters. The van der Waals surface area contributed by atoms with Gasteiger partial charge in [-0.1, -0.05) is 35.9 Å². The number of hydrogen-bond acceptors (Lipinski definition) is 6. The van der Waals surface area contributed by atoms with Crippen LogP contribution in [0.3, 0.4) is 0 Å². The number of aromatic nitrogens is 2. The second kappa shape index (κ2) is 9.98. The van der Waals surface area contributed by atoms with Gasteiger partial charge in [0.15, 0.2) is 0 Å². The Hall–Kier alpha value is -2.84. The third-order valence-corrected chi connectivity index (χ3v) is 6.07. The number of rotatable bonds is 6. The Morgan fingerprint density at radius 1 is 1.13 bits per heavy atom. The summed E-state index contributed by atoms with van der Waals surface area (Å²) >= 11 is 7.35. The van der Waals surface area contributed by atoms with Crippen LogP contribution in [0.2, 0.25) is 5.02 Å². The molecule has 0 atom stereocenters. The van der Waals surface area contributed by atoms with Gasteiger partial charge in [-0.05, 0) is 36.8 Å². The number of para-hydroxylation sites is 2. The Morgan fingerprint density at radius 2 is 1.87 bits per heavy atom. The quantitative estimate of drug-likeness (QED) is 0.588. The van der Waals surface area contributed by atoms with E-state index in [2.05, 4.69) is 19.6 Å². The Bertz CT molecular complexity index is 1020. The molecule has 1 aliphatic heterocycles. The zero-order valence-corrected chi connectivity index (χ0v) is 18.8. The summed E-state index contributed by atoms with van der Waals surface area (Å²) in [6, 6.07) is 15.1. The second-order valence-electron chi connectivity index (χ2n) is 7.13. The Morgan fingerprint density at radius 3 is 2.61 bits per heavy atom. The molecule has 1 fully saturated rings. The highest BCUT2D eigenvalue weighted by Gasteiger charge is 2.24. The normalized spacial score (nSPS) is 13.9. The first-order valence-corrected chi connectivity index (χ1v) is 11.4. The van der Waals surface area contributed by atoms with Gasteiger partial charge >= 0.3 is 6.03 Å². The van der Waals surface area contributed by atoms with E-state index in [4.69, 9.17) is 16.3 Å². The number of halogens is 1. The number of nitrogens with zero attached hydrogens (tertiary/aromatic N) is 4. The lowest BCUT2D eigenvalue weighted by Crippen LogP contribution is -2.50. The highest BCUT2D eigenvalue weighted by molar-refractivity contribution is 7.09. The average molecular weight is 458 g/mol. The number of nitrogens with one attached hydrogen (secondary N) is 1. The average Bonchev–Trinajstić information content (AvgIpc) is 3.25. The zero-order valence-electron chi connectivity index (χ0n) is 17.3. The number of hydrogen-bond donors (Lipinski definition) is 1. The van der Waals surface area contributed by atoms with E-state index >= 15 is 0 Å². The first-order chi connectivity index (χ1) is 15.1. The molecule has 0 radical (unpaired) electrons. The van der Waals surface area contributed by atoms with Crippen LogP contribution in [0.4, 0.5) is 15.6 Å². The van der Waals surface area contributed by atoms with Crippen LogP contribution in [0, 0.1) is 0 Å². The molecule has 1 N–H and O–H groups in total. The molecule has 2 amide bonds. The van der Waals surface area contributed by atoms with Crippen LogP contribution in [0.1, 0.15) is 18.3 Å². The molecule has 1 saturated heterocycles. The van der Waals surface area contributed by atoms with Gasteiger partial charge in [0.2, 0.25) is 5.13 Å². The Balaban J connectivity index is 1.31. The fourth-order valence-corrected chi connectivity index (χ4v) is 4.24. The van der Waals surface area contributed by atoms with Gasteiger partial charge in [0, 0.05) is 49.2 Å². The van der Waals surface area contributed by atoms with E-state index in [1.54, 1.807) is 0 Å². The topological polar surface area (TPSA) is 70.6 Å². The molecule has 0 bridgehead atoms. The summed E-state index contributed by atoms with van der Waals surface area (Å²) in [4.78, 5) is 21.4. The van der Waals surface area contributed by atoms with Gasteiger partial charge in [-0.3, -0.25) is 0 Å². The van der Waals surface area contributed by atoms with Crippen LogP contribution in [0.15, 0.2) is 48.5 Å². The summed E-state index contributed by atoms with van der Waals surface area (Å²) in [7, 11) is 0. The molecular formula is C22H24ClN5O2S. The van der Waals surface area contributed by atoms with Crippen molar-refractivity contribution >= 4 is 40.0 Å². The summed E-state index contributed by atoms with van der Waals surface area (Å²) in [6.07, 6.45) is 0.676. The monoisotopic (exact) mass is 457 g/mol. The van der Waals surface area contributed by atoms with Crippen LogP contribution in [0.5, 0.6) is 5.75 Å². The number of piperazine rings is 1. The highest BCUT2D eigenvalue weighted by Crippen LogP contribution is 2.25. The summed E-state index contributed by atoms with van der Waals surface area (Å²) < 4.78 is 10.1. The third kappa shape index (κ3) is 5.45. The standard InChI is InChI=1S/C22H24ClN5O2S/c1-2-30-19-6-4-3-5-18(19)24-21(29)27-11-13-28(14-12-27)22-25-20(26-31-22)15-16-7-9-17(23)10-8-16/h3-10H,2,11-15H2,1H3,(H,24,29). The predicted octanol–water partition coefficient (Wildman–Crippen LogP) is 4.54. The first kappa shape index (κ1) is 21.4. The number of urea groups is 1. The lowest BCUT2D eigenvalue weighted by atomic mass is 10.1. The van der Waals surface area contributed by atoms with Crippen molar-refractivity contribution in [1.29, 1.82) is 0 Å². The minimum Gasteiger partial charge on any atom is -0.492 e. The predicted molar refractivity (Wildman–Crippen MR) is 125 cm³/mol. The van der Waals surface area contributed by atoms with Crippen molar-refractivity contribution in [3.8, 4) is 5.75 Å². The first-order valence-electron chi connectivity index (χ1n) is 10.2. The maximum absolute atomic E-state index is 12.7. The molecule has 31 heavy (non-hydrogen) atoms. The number of carbonyl (C=O) groups excluding carboxylic acids is 1. The molecular weight excluding hydrogens is 434 g/mol. The van der Waals surface area contributed by atoms with Gasteiger partial charge in [-0.15, -0.1) is 0 Å². The van der Waals surface area contributed by atoms with E-state index in [-0.39, 0.29) is 6.03 Å². The van der Waals surface area contributed by atoms with Crippen LogP contribution in [-0.2, 0) is 6.42 Å². The van der Waals surface area contributed by atoms with Crippen LogP contribution < -0.4 is 15.0 Å². The van der Waals surface area contributed by atoms with Gasteiger partial charge in [-0.2, -0.15) is 4.37 Å². The zero-order chi connectivity index (χ0) is 21.6. The van der Waals surface area contributed by atoms with Crippen molar-refractivity contribution in [3.63, 3.8) is 0 Å². The van der Waals surface area contributed by atoms with Gasteiger partial charge < -0.3 is 19.9 Å². The molecule has 4 rings (SSSR count). The van der Waals surface area contributed by atoms with Crippen LogP contribution >= 0.6 is 23.1 Å². The van der Waals surface area contributed by atoms with Crippen LogP contribution in [-0.4, -0.2) is 53.1 Å². The molecule has 0 spiro atoms. The lowest BCUT2D eigenvalue weighted by molar-refractivity contribution is 0.208. The fraction of sp³-hybridized carbons (Fsp3) is 0.318. The van der Waals surface area contributed by atoms with Crippen LogP contribution in [0.25, 0.3) is 0 Å². The number of amides is 2. The fourth-order valence-electron chi connectivity index (χ4n) is 3.38. The van der Waals surface area contributed by atoms with E-state index in [0.29, 0.717) is 37.6 Å².